The average Bonchev–Trinajstić information content (AvgIpc) is 2.56. The van der Waals surface area contributed by atoms with Gasteiger partial charge >= 0.3 is 0 Å². The van der Waals surface area contributed by atoms with Crippen LogP contribution in [-0.2, 0) is 6.54 Å². The molecule has 110 valence electrons. The zero-order valence-electron chi connectivity index (χ0n) is 12.3. The summed E-state index contributed by atoms with van der Waals surface area (Å²) >= 11 is 0. The summed E-state index contributed by atoms with van der Waals surface area (Å²) in [5.74, 6) is 1.45. The molecule has 1 saturated heterocycles. The van der Waals surface area contributed by atoms with Crippen molar-refractivity contribution in [2.45, 2.75) is 6.54 Å². The molecule has 0 saturated carbocycles. The molecular formula is C16H20N4O. The summed E-state index contributed by atoms with van der Waals surface area (Å²) in [6.07, 6.45) is 3.38. The lowest BCUT2D eigenvalue weighted by atomic mass is 10.2. The number of aromatic nitrogens is 2. The minimum absolute atomic E-state index is 0.606. The normalized spacial score (nSPS) is 16.0. The largest absolute Gasteiger partial charge is 0.478 e. The van der Waals surface area contributed by atoms with Crippen LogP contribution in [0.1, 0.15) is 5.56 Å². The van der Waals surface area contributed by atoms with Crippen molar-refractivity contribution in [3.8, 4) is 5.88 Å². The number of rotatable bonds is 4. The molecule has 0 aliphatic carbocycles. The van der Waals surface area contributed by atoms with Gasteiger partial charge < -0.3 is 9.64 Å². The third kappa shape index (κ3) is 3.31. The number of piperazine rings is 1. The molecule has 5 nitrogen and oxygen atoms in total. The van der Waals surface area contributed by atoms with E-state index in [1.807, 2.05) is 0 Å². The van der Waals surface area contributed by atoms with Gasteiger partial charge in [0.2, 0.25) is 0 Å². The highest BCUT2D eigenvalue weighted by atomic mass is 16.5. The van der Waals surface area contributed by atoms with E-state index in [2.05, 4.69) is 50.1 Å². The van der Waals surface area contributed by atoms with Crippen LogP contribution in [0, 0.1) is 0 Å². The molecule has 0 bridgehead atoms. The van der Waals surface area contributed by atoms with Gasteiger partial charge in [0, 0.05) is 45.1 Å². The van der Waals surface area contributed by atoms with Gasteiger partial charge in [0.05, 0.1) is 7.11 Å². The van der Waals surface area contributed by atoms with Crippen molar-refractivity contribution in [2.75, 3.05) is 38.2 Å². The lowest BCUT2D eigenvalue weighted by Crippen LogP contribution is -2.46. The maximum atomic E-state index is 5.29. The smallest absolute Gasteiger partial charge is 0.257 e. The second-order valence-electron chi connectivity index (χ2n) is 5.14. The first-order valence-electron chi connectivity index (χ1n) is 7.23. The predicted octanol–water partition coefficient (Wildman–Crippen LogP) is 1.81. The van der Waals surface area contributed by atoms with E-state index < -0.39 is 0 Å². The lowest BCUT2D eigenvalue weighted by Gasteiger charge is -2.35. The molecule has 1 aromatic carbocycles. The van der Waals surface area contributed by atoms with Gasteiger partial charge in [-0.25, -0.2) is 9.97 Å². The number of hydrogen-bond acceptors (Lipinski definition) is 5. The molecule has 1 aromatic heterocycles. The predicted molar refractivity (Wildman–Crippen MR) is 82.5 cm³/mol. The van der Waals surface area contributed by atoms with Crippen molar-refractivity contribution in [3.63, 3.8) is 0 Å². The Morgan fingerprint density at radius 1 is 1.00 bits per heavy atom. The van der Waals surface area contributed by atoms with Crippen molar-refractivity contribution < 1.29 is 4.74 Å². The van der Waals surface area contributed by atoms with Gasteiger partial charge in [-0.1, -0.05) is 30.3 Å². The monoisotopic (exact) mass is 284 g/mol. The van der Waals surface area contributed by atoms with Crippen molar-refractivity contribution in [1.29, 1.82) is 0 Å². The first-order chi connectivity index (χ1) is 10.4. The Labute approximate surface area is 125 Å². The minimum atomic E-state index is 0.606. The lowest BCUT2D eigenvalue weighted by molar-refractivity contribution is 0.248. The zero-order valence-corrected chi connectivity index (χ0v) is 12.3. The minimum Gasteiger partial charge on any atom is -0.478 e. The van der Waals surface area contributed by atoms with Crippen LogP contribution in [0.3, 0.4) is 0 Å². The molecule has 0 spiro atoms. The molecule has 1 fully saturated rings. The van der Waals surface area contributed by atoms with Gasteiger partial charge in [0.1, 0.15) is 0 Å². The highest BCUT2D eigenvalue weighted by Crippen LogP contribution is 2.23. The zero-order chi connectivity index (χ0) is 14.5. The van der Waals surface area contributed by atoms with Crippen LogP contribution in [0.4, 0.5) is 5.82 Å². The molecule has 1 aliphatic rings. The van der Waals surface area contributed by atoms with Gasteiger partial charge in [-0.2, -0.15) is 0 Å². The highest BCUT2D eigenvalue weighted by molar-refractivity contribution is 5.48. The van der Waals surface area contributed by atoms with Gasteiger partial charge in [0.15, 0.2) is 5.82 Å². The first-order valence-corrected chi connectivity index (χ1v) is 7.23. The Hall–Kier alpha value is -2.14. The molecule has 0 radical (unpaired) electrons. The number of anilines is 1. The fourth-order valence-corrected chi connectivity index (χ4v) is 2.64. The molecular weight excluding hydrogens is 264 g/mol. The number of benzene rings is 1. The van der Waals surface area contributed by atoms with Gasteiger partial charge in [-0.3, -0.25) is 4.90 Å². The van der Waals surface area contributed by atoms with Crippen LogP contribution in [0.15, 0.2) is 42.7 Å². The quantitative estimate of drug-likeness (QED) is 0.856. The van der Waals surface area contributed by atoms with Crippen LogP contribution >= 0.6 is 0 Å². The van der Waals surface area contributed by atoms with E-state index in [1.165, 1.54) is 5.56 Å². The summed E-state index contributed by atoms with van der Waals surface area (Å²) in [7, 11) is 1.64. The molecule has 5 heteroatoms. The summed E-state index contributed by atoms with van der Waals surface area (Å²) in [4.78, 5) is 13.3. The first kappa shape index (κ1) is 13.8. The summed E-state index contributed by atoms with van der Waals surface area (Å²) < 4.78 is 5.29. The van der Waals surface area contributed by atoms with Gasteiger partial charge in [-0.15, -0.1) is 0 Å². The molecule has 0 N–H and O–H groups in total. The maximum absolute atomic E-state index is 5.29. The fraction of sp³-hybridized carbons (Fsp3) is 0.375. The van der Waals surface area contributed by atoms with E-state index in [9.17, 15) is 0 Å². The van der Waals surface area contributed by atoms with Gasteiger partial charge in [0.25, 0.3) is 5.88 Å². The molecule has 1 aliphatic heterocycles. The van der Waals surface area contributed by atoms with E-state index >= 15 is 0 Å². The number of nitrogens with zero attached hydrogens (tertiary/aromatic N) is 4. The van der Waals surface area contributed by atoms with Crippen molar-refractivity contribution in [3.05, 3.63) is 48.3 Å². The van der Waals surface area contributed by atoms with Crippen LogP contribution in [0.25, 0.3) is 0 Å². The van der Waals surface area contributed by atoms with Gasteiger partial charge in [-0.05, 0) is 5.56 Å². The topological polar surface area (TPSA) is 41.5 Å². The third-order valence-electron chi connectivity index (χ3n) is 3.76. The Bertz CT molecular complexity index is 567. The standard InChI is InChI=1S/C16H20N4O/c1-21-16-15(17-7-8-18-16)20-11-9-19(10-12-20)13-14-5-3-2-4-6-14/h2-8H,9-13H2,1H3. The van der Waals surface area contributed by atoms with Crippen LogP contribution in [-0.4, -0.2) is 48.2 Å². The molecule has 0 amide bonds. The summed E-state index contributed by atoms with van der Waals surface area (Å²) in [5, 5.41) is 0. The summed E-state index contributed by atoms with van der Waals surface area (Å²) in [5.41, 5.74) is 1.36. The van der Waals surface area contributed by atoms with E-state index in [-0.39, 0.29) is 0 Å². The van der Waals surface area contributed by atoms with E-state index in [0.29, 0.717) is 5.88 Å². The van der Waals surface area contributed by atoms with Crippen molar-refractivity contribution in [2.24, 2.45) is 0 Å². The number of ether oxygens (including phenoxy) is 1. The maximum Gasteiger partial charge on any atom is 0.257 e. The molecule has 2 aromatic rings. The van der Waals surface area contributed by atoms with Crippen LogP contribution < -0.4 is 9.64 Å². The third-order valence-corrected chi connectivity index (χ3v) is 3.76. The number of hydrogen-bond donors (Lipinski definition) is 0. The second kappa shape index (κ2) is 6.54. The second-order valence-corrected chi connectivity index (χ2v) is 5.14. The van der Waals surface area contributed by atoms with Crippen molar-refractivity contribution >= 4 is 5.82 Å². The average molecular weight is 284 g/mol. The van der Waals surface area contributed by atoms with E-state index in [1.54, 1.807) is 19.5 Å². The summed E-state index contributed by atoms with van der Waals surface area (Å²) in [6.45, 7) is 4.94. The van der Waals surface area contributed by atoms with Crippen molar-refractivity contribution in [1.82, 2.24) is 14.9 Å². The fourth-order valence-electron chi connectivity index (χ4n) is 2.64. The van der Waals surface area contributed by atoms with Crippen LogP contribution in [0.2, 0.25) is 0 Å². The molecule has 0 atom stereocenters. The Morgan fingerprint density at radius 2 is 1.71 bits per heavy atom. The molecule has 3 rings (SSSR count). The highest BCUT2D eigenvalue weighted by Gasteiger charge is 2.21. The molecule has 2 heterocycles. The summed E-state index contributed by atoms with van der Waals surface area (Å²) in [6, 6.07) is 10.6. The SMILES string of the molecule is COc1nccnc1N1CCN(Cc2ccccc2)CC1. The molecule has 0 unspecified atom stereocenters. The Kier molecular flexibility index (Phi) is 4.31. The van der Waals surface area contributed by atoms with Crippen LogP contribution in [0.5, 0.6) is 5.88 Å². The Morgan fingerprint density at radius 3 is 2.43 bits per heavy atom. The Balaban J connectivity index is 1.60. The molecule has 21 heavy (non-hydrogen) atoms. The number of methoxy groups -OCH3 is 1. The van der Waals surface area contributed by atoms with E-state index in [4.69, 9.17) is 4.74 Å². The van der Waals surface area contributed by atoms with E-state index in [0.717, 1.165) is 38.5 Å².